The number of thiazole rings is 1. The van der Waals surface area contributed by atoms with Gasteiger partial charge in [0.15, 0.2) is 10.8 Å². The largest absolute Gasteiger partial charge is 0.477 e. The number of anilines is 1. The maximum Gasteiger partial charge on any atom is 0.352 e. The van der Waals surface area contributed by atoms with Gasteiger partial charge < -0.3 is 26.7 Å². The molecule has 0 radical (unpaired) electrons. The highest BCUT2D eigenvalue weighted by Gasteiger charge is 2.54. The molecule has 0 saturated carbocycles. The lowest BCUT2D eigenvalue weighted by atomic mass is 9.98. The van der Waals surface area contributed by atoms with Crippen LogP contribution < -0.4 is 16.4 Å². The number of β-lactam (4-membered cyclic amide) rings is 1. The molecule has 14 heteroatoms. The molecule has 34 heavy (non-hydrogen) atoms. The molecule has 4 rings (SSSR count). The highest BCUT2D eigenvalue weighted by Crippen LogP contribution is 2.41. The van der Waals surface area contributed by atoms with Crippen LogP contribution in [0.3, 0.4) is 0 Å². The van der Waals surface area contributed by atoms with Crippen LogP contribution in [0.1, 0.15) is 12.1 Å². The number of hydrogen-bond donors (Lipinski definition) is 5. The molecule has 1 aromatic rings. The predicted molar refractivity (Wildman–Crippen MR) is 123 cm³/mol. The first-order chi connectivity index (χ1) is 16.3. The zero-order valence-corrected chi connectivity index (χ0v) is 19.0. The normalized spacial score (nSPS) is 25.6. The molecule has 2 fully saturated rings. The Kier molecular flexibility index (Phi) is 6.42. The van der Waals surface area contributed by atoms with Gasteiger partial charge in [-0.2, -0.15) is 0 Å². The van der Waals surface area contributed by atoms with Crippen molar-refractivity contribution in [2.45, 2.75) is 23.9 Å². The summed E-state index contributed by atoms with van der Waals surface area (Å²) in [5.41, 5.74) is 5.98. The van der Waals surface area contributed by atoms with Crippen LogP contribution in [0.25, 0.3) is 0 Å². The number of nitrogen functional groups attached to an aromatic ring is 1. The number of ketones is 1. The summed E-state index contributed by atoms with van der Waals surface area (Å²) in [6.07, 6.45) is 7.34. The number of hydrogen-bond acceptors (Lipinski definition) is 11. The van der Waals surface area contributed by atoms with Gasteiger partial charge >= 0.3 is 5.97 Å². The minimum absolute atomic E-state index is 0.0451. The number of amides is 2. The fraction of sp³-hybridized carbons (Fsp3) is 0.300. The lowest BCUT2D eigenvalue weighted by Crippen LogP contribution is -2.71. The predicted octanol–water partition coefficient (Wildman–Crippen LogP) is -0.867. The number of allylic oxidation sites excluding steroid dienone is 1. The van der Waals surface area contributed by atoms with Crippen molar-refractivity contribution in [3.63, 3.8) is 0 Å². The number of nitrogens with zero attached hydrogens (tertiary/aromatic N) is 3. The number of thioether (sulfide) groups is 1. The average Bonchev–Trinajstić information content (AvgIpc) is 3.45. The van der Waals surface area contributed by atoms with E-state index in [4.69, 9.17) is 12.2 Å². The van der Waals surface area contributed by atoms with Crippen molar-refractivity contribution in [2.24, 2.45) is 5.16 Å². The van der Waals surface area contributed by atoms with E-state index in [-0.39, 0.29) is 22.3 Å². The van der Waals surface area contributed by atoms with Gasteiger partial charge in [-0.05, 0) is 30.0 Å². The Morgan fingerprint density at radius 3 is 2.82 bits per heavy atom. The number of aromatic nitrogens is 1. The number of aliphatic carboxylic acids is 1. The fourth-order valence-electron chi connectivity index (χ4n) is 3.93. The molecule has 1 unspecified atom stereocenters. The van der Waals surface area contributed by atoms with Crippen molar-refractivity contribution in [2.75, 3.05) is 18.0 Å². The molecule has 0 spiro atoms. The molecule has 0 aromatic carbocycles. The van der Waals surface area contributed by atoms with Crippen molar-refractivity contribution in [1.82, 2.24) is 20.5 Å². The molecule has 6 N–H and O–H groups in total. The van der Waals surface area contributed by atoms with E-state index in [1.54, 1.807) is 6.08 Å². The van der Waals surface area contributed by atoms with Crippen molar-refractivity contribution >= 4 is 57.5 Å². The highest BCUT2D eigenvalue weighted by molar-refractivity contribution is 8.00. The van der Waals surface area contributed by atoms with Crippen LogP contribution in [-0.4, -0.2) is 79.2 Å². The van der Waals surface area contributed by atoms with E-state index < -0.39 is 46.7 Å². The highest BCUT2D eigenvalue weighted by atomic mass is 32.2. The number of carboxylic acids is 1. The number of carboxylic acid groups (broad SMARTS) is 1. The van der Waals surface area contributed by atoms with E-state index in [0.29, 0.717) is 24.1 Å². The SMILES string of the molecule is C#CC(=O)C1NCC/C1=C\C1=C(C(=O)O)N2C(=O)[C@@H](NC(=O)/C(=N\O)c3csc(N)n3)[C@H]2SC1. The van der Waals surface area contributed by atoms with Crippen LogP contribution in [0.5, 0.6) is 0 Å². The maximum atomic E-state index is 12.9. The molecular weight excluding hydrogens is 484 g/mol. The molecular formula is C20H18N6O6S2. The second-order valence-electron chi connectivity index (χ2n) is 7.42. The Morgan fingerprint density at radius 1 is 1.44 bits per heavy atom. The lowest BCUT2D eigenvalue weighted by Gasteiger charge is -2.49. The summed E-state index contributed by atoms with van der Waals surface area (Å²) in [4.78, 5) is 54.5. The van der Waals surface area contributed by atoms with E-state index in [0.717, 1.165) is 16.2 Å². The summed E-state index contributed by atoms with van der Waals surface area (Å²) >= 11 is 2.30. The monoisotopic (exact) mass is 502 g/mol. The van der Waals surface area contributed by atoms with Gasteiger partial charge in [0.05, 0.1) is 0 Å². The fourth-order valence-corrected chi connectivity index (χ4v) is 5.79. The van der Waals surface area contributed by atoms with Crippen LogP contribution in [0.2, 0.25) is 0 Å². The van der Waals surface area contributed by atoms with Crippen molar-refractivity contribution in [1.29, 1.82) is 0 Å². The van der Waals surface area contributed by atoms with Gasteiger partial charge in [0.25, 0.3) is 11.8 Å². The minimum Gasteiger partial charge on any atom is -0.477 e. The van der Waals surface area contributed by atoms with E-state index in [9.17, 15) is 29.5 Å². The minimum atomic E-state index is -1.31. The summed E-state index contributed by atoms with van der Waals surface area (Å²) in [7, 11) is 0. The topological polar surface area (TPSA) is 187 Å². The molecule has 3 aliphatic heterocycles. The van der Waals surface area contributed by atoms with E-state index in [1.807, 2.05) is 0 Å². The summed E-state index contributed by atoms with van der Waals surface area (Å²) in [6.45, 7) is 0.519. The van der Waals surface area contributed by atoms with Gasteiger partial charge in [-0.1, -0.05) is 11.2 Å². The first-order valence-electron chi connectivity index (χ1n) is 9.86. The lowest BCUT2D eigenvalue weighted by molar-refractivity contribution is -0.150. The Balaban J connectivity index is 1.56. The third-order valence-electron chi connectivity index (χ3n) is 5.46. The van der Waals surface area contributed by atoms with Crippen LogP contribution in [0, 0.1) is 12.3 Å². The molecule has 3 atom stereocenters. The second-order valence-corrected chi connectivity index (χ2v) is 9.42. The molecule has 12 nitrogen and oxygen atoms in total. The number of carbonyl (C=O) groups excluding carboxylic acids is 3. The molecule has 2 saturated heterocycles. The van der Waals surface area contributed by atoms with Gasteiger partial charge in [-0.25, -0.2) is 9.78 Å². The molecule has 4 heterocycles. The Morgan fingerprint density at radius 2 is 2.21 bits per heavy atom. The molecule has 3 aliphatic rings. The van der Waals surface area contributed by atoms with Gasteiger partial charge in [0.2, 0.25) is 5.78 Å². The third kappa shape index (κ3) is 4.04. The number of fused-ring (bicyclic) bond motifs is 1. The maximum absolute atomic E-state index is 12.9. The van der Waals surface area contributed by atoms with Crippen LogP contribution in [-0.2, 0) is 19.2 Å². The summed E-state index contributed by atoms with van der Waals surface area (Å²) < 4.78 is 0. The van der Waals surface area contributed by atoms with E-state index in [1.165, 1.54) is 17.1 Å². The zero-order chi connectivity index (χ0) is 24.6. The number of oxime groups is 1. The molecule has 0 bridgehead atoms. The summed E-state index contributed by atoms with van der Waals surface area (Å²) in [5.74, 6) is -0.944. The van der Waals surface area contributed by atoms with E-state index >= 15 is 0 Å². The van der Waals surface area contributed by atoms with Crippen LogP contribution >= 0.6 is 23.1 Å². The number of nitrogens with two attached hydrogens (primary N) is 1. The van der Waals surface area contributed by atoms with Gasteiger partial charge in [-0.3, -0.25) is 19.3 Å². The Bertz CT molecular complexity index is 1230. The third-order valence-corrected chi connectivity index (χ3v) is 7.44. The van der Waals surface area contributed by atoms with Crippen LogP contribution in [0.4, 0.5) is 5.13 Å². The number of rotatable bonds is 6. The van der Waals surface area contributed by atoms with Gasteiger partial charge in [0, 0.05) is 11.1 Å². The van der Waals surface area contributed by atoms with Crippen molar-refractivity contribution in [3.8, 4) is 12.3 Å². The molecule has 2 amide bonds. The number of nitrogens with one attached hydrogen (secondary N) is 2. The molecule has 1 aromatic heterocycles. The van der Waals surface area contributed by atoms with Gasteiger partial charge in [0.1, 0.15) is 28.8 Å². The van der Waals surface area contributed by atoms with Crippen molar-refractivity contribution in [3.05, 3.63) is 34.0 Å². The zero-order valence-electron chi connectivity index (χ0n) is 17.3. The quantitative estimate of drug-likeness (QED) is 0.0817. The summed E-state index contributed by atoms with van der Waals surface area (Å²) in [6, 6.07) is -1.72. The smallest absolute Gasteiger partial charge is 0.352 e. The van der Waals surface area contributed by atoms with Crippen molar-refractivity contribution < 1.29 is 29.5 Å². The van der Waals surface area contributed by atoms with E-state index in [2.05, 4.69) is 26.7 Å². The summed E-state index contributed by atoms with van der Waals surface area (Å²) in [5, 5.41) is 28.4. The number of terminal acetylenes is 1. The Labute approximate surface area is 201 Å². The molecule has 176 valence electrons. The number of carbonyl (C=O) groups is 4. The molecule has 0 aliphatic carbocycles. The first-order valence-corrected chi connectivity index (χ1v) is 11.8. The van der Waals surface area contributed by atoms with Crippen LogP contribution in [0.15, 0.2) is 33.5 Å². The first kappa shape index (κ1) is 23.5. The average molecular weight is 503 g/mol. The van der Waals surface area contributed by atoms with Gasteiger partial charge in [-0.15, -0.1) is 29.5 Å². The number of Topliss-reactive ketones (excluding diaryl/α,β-unsaturated/α-hetero) is 1. The standard InChI is InChI=1S/C20H18N6O6S2/c1-2-11(27)12-8(3-4-22-12)5-9-6-33-18-14(17(29)26(18)15(9)19(30)31)24-16(28)13(25-32)10-7-34-20(21)23-10/h1,5,7,12,14,18,22,32H,3-4,6H2,(H2,21,23)(H,24,28)(H,30,31)/b8-5+,25-13-/t12?,14-,18-/m1/s1. The second kappa shape index (κ2) is 9.29. The Hall–Kier alpha value is -3.67.